The van der Waals surface area contributed by atoms with Crippen molar-refractivity contribution in [3.8, 4) is 0 Å². The summed E-state index contributed by atoms with van der Waals surface area (Å²) >= 11 is 0. The van der Waals surface area contributed by atoms with Gasteiger partial charge in [-0.2, -0.15) is 0 Å². The smallest absolute Gasteiger partial charge is 0.291 e. The van der Waals surface area contributed by atoms with Crippen molar-refractivity contribution in [1.29, 1.82) is 0 Å². The number of furan rings is 1. The van der Waals surface area contributed by atoms with Crippen LogP contribution in [0, 0.1) is 0 Å². The third kappa shape index (κ3) is 4.23. The fraction of sp³-hybridized carbons (Fsp3) is 0.182. The summed E-state index contributed by atoms with van der Waals surface area (Å²) in [6, 6.07) is 17.1. The second-order valence-electron chi connectivity index (χ2n) is 6.80. The van der Waals surface area contributed by atoms with Crippen LogP contribution in [0.15, 0.2) is 70.3 Å². The first kappa shape index (κ1) is 17.9. The highest BCUT2D eigenvalue weighted by Crippen LogP contribution is 2.24. The van der Waals surface area contributed by atoms with Gasteiger partial charge in [-0.05, 0) is 72.4 Å². The molecule has 0 bridgehead atoms. The summed E-state index contributed by atoms with van der Waals surface area (Å²) in [7, 11) is 0. The molecule has 1 aromatic heterocycles. The SMILES string of the molecule is NC(=NCc1cccc(NC(=O)c2ccco2)c1)Nc1ccc2c(c1)CCC2. The molecular weight excluding hydrogens is 352 g/mol. The van der Waals surface area contributed by atoms with Gasteiger partial charge in [0.05, 0.1) is 12.8 Å². The number of benzene rings is 2. The lowest BCUT2D eigenvalue weighted by Crippen LogP contribution is -2.22. The average molecular weight is 374 g/mol. The van der Waals surface area contributed by atoms with Gasteiger partial charge in [-0.15, -0.1) is 0 Å². The Morgan fingerprint density at radius 3 is 2.71 bits per heavy atom. The van der Waals surface area contributed by atoms with Gasteiger partial charge in [0.15, 0.2) is 11.7 Å². The first-order chi connectivity index (χ1) is 13.7. The molecule has 142 valence electrons. The van der Waals surface area contributed by atoms with Gasteiger partial charge in [-0.3, -0.25) is 4.79 Å². The number of amides is 1. The van der Waals surface area contributed by atoms with Crippen molar-refractivity contribution in [1.82, 2.24) is 0 Å². The molecule has 0 radical (unpaired) electrons. The normalized spacial score (nSPS) is 13.2. The minimum Gasteiger partial charge on any atom is -0.459 e. The van der Waals surface area contributed by atoms with Gasteiger partial charge in [0, 0.05) is 11.4 Å². The maximum absolute atomic E-state index is 12.1. The van der Waals surface area contributed by atoms with Crippen molar-refractivity contribution in [3.63, 3.8) is 0 Å². The van der Waals surface area contributed by atoms with E-state index in [-0.39, 0.29) is 11.7 Å². The van der Waals surface area contributed by atoms with Gasteiger partial charge >= 0.3 is 0 Å². The number of carbonyl (C=O) groups is 1. The maximum atomic E-state index is 12.1. The molecule has 0 saturated heterocycles. The van der Waals surface area contributed by atoms with Crippen molar-refractivity contribution < 1.29 is 9.21 Å². The summed E-state index contributed by atoms with van der Waals surface area (Å²) in [5.74, 6) is 0.345. The number of guanidine groups is 1. The summed E-state index contributed by atoms with van der Waals surface area (Å²) in [5.41, 5.74) is 11.4. The van der Waals surface area contributed by atoms with Crippen molar-refractivity contribution in [2.75, 3.05) is 10.6 Å². The van der Waals surface area contributed by atoms with Gasteiger partial charge < -0.3 is 20.8 Å². The minimum absolute atomic E-state index is 0.270. The fourth-order valence-electron chi connectivity index (χ4n) is 3.36. The molecular formula is C22H22N4O2. The summed E-state index contributed by atoms with van der Waals surface area (Å²) in [5, 5.41) is 5.96. The van der Waals surface area contributed by atoms with Crippen LogP contribution in [0.5, 0.6) is 0 Å². The molecule has 3 aromatic rings. The summed E-state index contributed by atoms with van der Waals surface area (Å²) < 4.78 is 5.10. The van der Waals surface area contributed by atoms with Crippen molar-refractivity contribution in [2.45, 2.75) is 25.8 Å². The van der Waals surface area contributed by atoms with Crippen LogP contribution in [0.3, 0.4) is 0 Å². The van der Waals surface area contributed by atoms with E-state index in [1.807, 2.05) is 30.3 Å². The highest BCUT2D eigenvalue weighted by molar-refractivity contribution is 6.02. The Labute approximate surface area is 163 Å². The molecule has 28 heavy (non-hydrogen) atoms. The van der Waals surface area contributed by atoms with E-state index in [0.717, 1.165) is 24.1 Å². The van der Waals surface area contributed by atoms with Crippen LogP contribution in [0.4, 0.5) is 11.4 Å². The van der Waals surface area contributed by atoms with E-state index in [2.05, 4.69) is 27.8 Å². The zero-order valence-electron chi connectivity index (χ0n) is 15.4. The number of anilines is 2. The molecule has 1 aliphatic rings. The molecule has 0 saturated carbocycles. The Hall–Kier alpha value is -3.54. The first-order valence-electron chi connectivity index (χ1n) is 9.30. The van der Waals surface area contributed by atoms with Crippen LogP contribution < -0.4 is 16.4 Å². The molecule has 0 spiro atoms. The Bertz CT molecular complexity index is 1010. The van der Waals surface area contributed by atoms with E-state index in [1.54, 1.807) is 12.1 Å². The lowest BCUT2D eigenvalue weighted by atomic mass is 10.1. The summed E-state index contributed by atoms with van der Waals surface area (Å²) in [6.07, 6.45) is 4.97. The van der Waals surface area contributed by atoms with Crippen molar-refractivity contribution in [3.05, 3.63) is 83.3 Å². The predicted octanol–water partition coefficient (Wildman–Crippen LogP) is 3.95. The number of fused-ring (bicyclic) bond motifs is 1. The average Bonchev–Trinajstić information content (AvgIpc) is 3.38. The van der Waals surface area contributed by atoms with E-state index in [9.17, 15) is 4.79 Å². The Morgan fingerprint density at radius 1 is 1.00 bits per heavy atom. The molecule has 0 atom stereocenters. The third-order valence-corrected chi connectivity index (χ3v) is 4.73. The zero-order chi connectivity index (χ0) is 19.3. The van der Waals surface area contributed by atoms with Crippen LogP contribution in [0.2, 0.25) is 0 Å². The zero-order valence-corrected chi connectivity index (χ0v) is 15.4. The predicted molar refractivity (Wildman–Crippen MR) is 111 cm³/mol. The number of nitrogens with two attached hydrogens (primary N) is 1. The lowest BCUT2D eigenvalue weighted by molar-refractivity contribution is 0.0996. The molecule has 1 aliphatic carbocycles. The van der Waals surface area contributed by atoms with Gasteiger partial charge in [-0.1, -0.05) is 18.2 Å². The van der Waals surface area contributed by atoms with E-state index >= 15 is 0 Å². The topological polar surface area (TPSA) is 92.6 Å². The highest BCUT2D eigenvalue weighted by atomic mass is 16.3. The number of aliphatic imine (C=N–C) groups is 1. The number of rotatable bonds is 5. The van der Waals surface area contributed by atoms with E-state index in [4.69, 9.17) is 10.2 Å². The van der Waals surface area contributed by atoms with Gasteiger partial charge in [0.25, 0.3) is 5.91 Å². The molecule has 6 nitrogen and oxygen atoms in total. The molecule has 0 unspecified atom stereocenters. The van der Waals surface area contributed by atoms with Gasteiger partial charge in [-0.25, -0.2) is 4.99 Å². The Kier molecular flexibility index (Phi) is 5.10. The van der Waals surface area contributed by atoms with Gasteiger partial charge in [0.2, 0.25) is 0 Å². The van der Waals surface area contributed by atoms with E-state index < -0.39 is 0 Å². The number of nitrogens with zero attached hydrogens (tertiary/aromatic N) is 1. The van der Waals surface area contributed by atoms with Gasteiger partial charge in [0.1, 0.15) is 0 Å². The lowest BCUT2D eigenvalue weighted by Gasteiger charge is -2.08. The Morgan fingerprint density at radius 2 is 1.86 bits per heavy atom. The molecule has 1 heterocycles. The van der Waals surface area contributed by atoms with Crippen LogP contribution in [-0.4, -0.2) is 11.9 Å². The van der Waals surface area contributed by atoms with Crippen LogP contribution in [-0.2, 0) is 19.4 Å². The Balaban J connectivity index is 1.38. The number of hydrogen-bond donors (Lipinski definition) is 3. The number of hydrogen-bond acceptors (Lipinski definition) is 3. The third-order valence-electron chi connectivity index (χ3n) is 4.73. The molecule has 0 aliphatic heterocycles. The molecule has 1 amide bonds. The second kappa shape index (κ2) is 8.00. The van der Waals surface area contributed by atoms with E-state index in [0.29, 0.717) is 18.2 Å². The largest absolute Gasteiger partial charge is 0.459 e. The summed E-state index contributed by atoms with van der Waals surface area (Å²) in [6.45, 7) is 0.411. The van der Waals surface area contributed by atoms with Crippen molar-refractivity contribution in [2.24, 2.45) is 10.7 Å². The molecule has 2 aromatic carbocycles. The molecule has 6 heteroatoms. The first-order valence-corrected chi connectivity index (χ1v) is 9.30. The highest BCUT2D eigenvalue weighted by Gasteiger charge is 2.11. The monoisotopic (exact) mass is 374 g/mol. The van der Waals surface area contributed by atoms with Crippen LogP contribution >= 0.6 is 0 Å². The number of carbonyl (C=O) groups excluding carboxylic acids is 1. The maximum Gasteiger partial charge on any atom is 0.291 e. The quantitative estimate of drug-likeness (QED) is 0.466. The molecule has 0 fully saturated rings. The standard InChI is InChI=1S/C22H22N4O2/c23-22(26-19-10-9-16-5-2-6-17(16)13-19)24-14-15-4-1-7-18(12-15)25-21(27)20-8-3-11-28-20/h1,3-4,7-13H,2,5-6,14H2,(H,25,27)(H3,23,24,26). The number of aryl methyl sites for hydroxylation is 2. The summed E-state index contributed by atoms with van der Waals surface area (Å²) in [4.78, 5) is 16.5. The fourth-order valence-corrected chi connectivity index (χ4v) is 3.36. The second-order valence-corrected chi connectivity index (χ2v) is 6.80. The van der Waals surface area contributed by atoms with Crippen LogP contribution in [0.25, 0.3) is 0 Å². The molecule has 4 N–H and O–H groups in total. The van der Waals surface area contributed by atoms with E-state index in [1.165, 1.54) is 23.8 Å². The molecule has 4 rings (SSSR count). The van der Waals surface area contributed by atoms with Crippen molar-refractivity contribution >= 4 is 23.2 Å². The minimum atomic E-state index is -0.288. The van der Waals surface area contributed by atoms with Crippen LogP contribution in [0.1, 0.15) is 33.7 Å². The number of nitrogens with one attached hydrogen (secondary N) is 2.